The van der Waals surface area contributed by atoms with Gasteiger partial charge in [-0.15, -0.1) is 0 Å². The van der Waals surface area contributed by atoms with Crippen molar-refractivity contribution in [3.8, 4) is 11.1 Å². The summed E-state index contributed by atoms with van der Waals surface area (Å²) in [5.74, 6) is 0. The predicted octanol–water partition coefficient (Wildman–Crippen LogP) is 13.3. The molecular weight excluding hydrogens is 724 g/mol. The van der Waals surface area contributed by atoms with Crippen molar-refractivity contribution in [3.63, 3.8) is 0 Å². The number of halogens is 2. The second kappa shape index (κ2) is 9.50. The molecule has 0 N–H and O–H groups in total. The highest BCUT2D eigenvalue weighted by Gasteiger charge is 2.48. The van der Waals surface area contributed by atoms with Gasteiger partial charge in [-0.25, -0.2) is 0 Å². The molecule has 7 aromatic carbocycles. The minimum absolute atomic E-state index is 0.718. The van der Waals surface area contributed by atoms with Crippen molar-refractivity contribution in [3.05, 3.63) is 165 Å². The van der Waals surface area contributed by atoms with Crippen LogP contribution in [0, 0.1) is 0 Å². The Morgan fingerprint density at radius 3 is 1.83 bits per heavy atom. The lowest BCUT2D eigenvalue weighted by atomic mass is 9.67. The summed E-state index contributed by atoms with van der Waals surface area (Å²) in [6, 6.07) is 47.1. The Hall–Kier alpha value is -5.10. The van der Waals surface area contributed by atoms with Gasteiger partial charge in [-0.1, -0.05) is 111 Å². The molecule has 0 radical (unpaired) electrons. The maximum Gasteiger partial charge on any atom is 0.144 e. The Balaban J connectivity index is 1.34. The topological polar surface area (TPSA) is 39.4 Å². The van der Waals surface area contributed by atoms with E-state index in [4.69, 9.17) is 13.3 Å². The monoisotopic (exact) mass is 744 g/mol. The van der Waals surface area contributed by atoms with Crippen LogP contribution in [0.25, 0.3) is 76.9 Å². The summed E-state index contributed by atoms with van der Waals surface area (Å²) < 4.78 is 21.6. The van der Waals surface area contributed by atoms with Crippen LogP contribution in [0.15, 0.2) is 156 Å². The highest BCUT2D eigenvalue weighted by molar-refractivity contribution is 9.11. The van der Waals surface area contributed by atoms with Crippen LogP contribution >= 0.6 is 31.9 Å². The average molecular weight is 746 g/mol. The number of rotatable bonds is 2. The Kier molecular flexibility index (Phi) is 5.33. The summed E-state index contributed by atoms with van der Waals surface area (Å²) in [6.07, 6.45) is 0. The Bertz CT molecular complexity index is 3000. The Labute approximate surface area is 290 Å². The summed E-state index contributed by atoms with van der Waals surface area (Å²) in [7, 11) is 0. The largest absolute Gasteiger partial charge is 0.456 e. The molecule has 1 aliphatic carbocycles. The summed E-state index contributed by atoms with van der Waals surface area (Å²) >= 11 is 7.90. The summed E-state index contributed by atoms with van der Waals surface area (Å²) in [5.41, 5.74) is 11.3. The maximum absolute atomic E-state index is 6.78. The van der Waals surface area contributed by atoms with Crippen molar-refractivity contribution >= 4 is 97.7 Å². The summed E-state index contributed by atoms with van der Waals surface area (Å²) in [4.78, 5) is 0. The third-order valence-electron chi connectivity index (χ3n) is 10.3. The van der Waals surface area contributed by atoms with E-state index in [9.17, 15) is 0 Å². The van der Waals surface area contributed by atoms with Crippen molar-refractivity contribution in [1.82, 2.24) is 0 Å². The van der Waals surface area contributed by atoms with Gasteiger partial charge in [0.1, 0.15) is 33.5 Å². The van der Waals surface area contributed by atoms with E-state index in [0.29, 0.717) is 0 Å². The van der Waals surface area contributed by atoms with Crippen molar-refractivity contribution in [2.75, 3.05) is 0 Å². The van der Waals surface area contributed by atoms with Crippen molar-refractivity contribution in [2.45, 2.75) is 5.41 Å². The summed E-state index contributed by atoms with van der Waals surface area (Å²) in [5, 5.41) is 6.56. The van der Waals surface area contributed by atoms with Gasteiger partial charge in [0.25, 0.3) is 0 Å². The average Bonchev–Trinajstić information content (AvgIpc) is 3.85. The molecule has 0 saturated carbocycles. The second-order valence-electron chi connectivity index (χ2n) is 12.6. The van der Waals surface area contributed by atoms with Crippen LogP contribution in [-0.2, 0) is 5.41 Å². The molecule has 11 rings (SSSR count). The Morgan fingerprint density at radius 1 is 0.438 bits per heavy atom. The first-order valence-corrected chi connectivity index (χ1v) is 17.5. The number of hydrogen-bond donors (Lipinski definition) is 0. The van der Waals surface area contributed by atoms with E-state index in [1.807, 2.05) is 36.4 Å². The van der Waals surface area contributed by atoms with Crippen molar-refractivity contribution in [2.24, 2.45) is 0 Å². The first-order chi connectivity index (χ1) is 23.6. The van der Waals surface area contributed by atoms with Crippen LogP contribution in [0.5, 0.6) is 0 Å². The normalized spacial score (nSPS) is 15.8. The van der Waals surface area contributed by atoms with Crippen LogP contribution in [0.1, 0.15) is 22.3 Å². The molecule has 3 nitrogen and oxygen atoms in total. The fraction of sp³-hybridized carbons (Fsp3) is 0.0233. The zero-order valence-corrected chi connectivity index (χ0v) is 28.4. The molecule has 3 aromatic heterocycles. The van der Waals surface area contributed by atoms with Crippen LogP contribution < -0.4 is 0 Å². The third kappa shape index (κ3) is 3.37. The maximum atomic E-state index is 6.78. The van der Waals surface area contributed by atoms with E-state index < -0.39 is 5.41 Å². The van der Waals surface area contributed by atoms with Gasteiger partial charge in [0.05, 0.1) is 5.41 Å². The molecule has 48 heavy (non-hydrogen) atoms. The van der Waals surface area contributed by atoms with E-state index in [-0.39, 0.29) is 0 Å². The second-order valence-corrected chi connectivity index (χ2v) is 14.4. The van der Waals surface area contributed by atoms with E-state index in [2.05, 4.69) is 129 Å². The quantitative estimate of drug-likeness (QED) is 0.177. The molecule has 0 aliphatic heterocycles. The molecule has 3 heterocycles. The molecule has 1 aliphatic rings. The van der Waals surface area contributed by atoms with Gasteiger partial charge < -0.3 is 13.3 Å². The number of fused-ring (bicyclic) bond motifs is 13. The first kappa shape index (κ1) is 26.9. The lowest BCUT2D eigenvalue weighted by molar-refractivity contribution is 0.663. The molecule has 0 spiro atoms. The van der Waals surface area contributed by atoms with Gasteiger partial charge >= 0.3 is 0 Å². The smallest absolute Gasteiger partial charge is 0.144 e. The molecule has 10 aromatic rings. The van der Waals surface area contributed by atoms with Gasteiger partial charge in [0.15, 0.2) is 0 Å². The molecule has 226 valence electrons. The zero-order chi connectivity index (χ0) is 31.7. The standard InChI is InChI=1S/C43H22Br2O3/c44-25-15-17-29-32(21-25)43(23-14-18-38-31(19-23)27-8-2-5-11-36(27)46-38,24-13-16-28-26-7-1-4-10-35(26)47-39(28)20-24)33-22-34(45)41-30-9-3-6-12-37(30)48-42(41)40(29)33/h1-22H. The molecule has 5 heteroatoms. The molecule has 0 fully saturated rings. The highest BCUT2D eigenvalue weighted by Crippen LogP contribution is 2.60. The summed E-state index contributed by atoms with van der Waals surface area (Å²) in [6.45, 7) is 0. The van der Waals surface area contributed by atoms with Crippen molar-refractivity contribution in [1.29, 1.82) is 0 Å². The minimum Gasteiger partial charge on any atom is -0.456 e. The van der Waals surface area contributed by atoms with Gasteiger partial charge in [0.2, 0.25) is 0 Å². The molecule has 0 bridgehead atoms. The predicted molar refractivity (Wildman–Crippen MR) is 201 cm³/mol. The van der Waals surface area contributed by atoms with Gasteiger partial charge in [-0.3, -0.25) is 0 Å². The van der Waals surface area contributed by atoms with E-state index >= 15 is 0 Å². The van der Waals surface area contributed by atoms with Gasteiger partial charge in [0, 0.05) is 46.8 Å². The lowest BCUT2D eigenvalue weighted by Gasteiger charge is -2.34. The van der Waals surface area contributed by atoms with Crippen molar-refractivity contribution < 1.29 is 13.3 Å². The van der Waals surface area contributed by atoms with Crippen LogP contribution in [0.2, 0.25) is 0 Å². The van der Waals surface area contributed by atoms with Gasteiger partial charge in [-0.05, 0) is 82.4 Å². The fourth-order valence-electron chi connectivity index (χ4n) is 8.31. The third-order valence-corrected chi connectivity index (χ3v) is 11.4. The molecular formula is C43H22Br2O3. The lowest BCUT2D eigenvalue weighted by Crippen LogP contribution is -2.28. The minimum atomic E-state index is -0.718. The van der Waals surface area contributed by atoms with Gasteiger partial charge in [-0.2, -0.15) is 0 Å². The van der Waals surface area contributed by atoms with Crippen LogP contribution in [0.3, 0.4) is 0 Å². The van der Waals surface area contributed by atoms with Crippen LogP contribution in [0.4, 0.5) is 0 Å². The SMILES string of the molecule is Brc1ccc2c(c1)C(c1ccc3c(c1)oc1ccccc13)(c1ccc3oc4ccccc4c3c1)c1cc(Br)c3c(oc4ccccc43)c1-2. The van der Waals surface area contributed by atoms with E-state index in [1.54, 1.807) is 0 Å². The molecule has 1 atom stereocenters. The van der Waals surface area contributed by atoms with Crippen LogP contribution in [-0.4, -0.2) is 0 Å². The number of furan rings is 3. The fourth-order valence-corrected chi connectivity index (χ4v) is 9.30. The molecule has 1 unspecified atom stereocenters. The number of hydrogen-bond acceptors (Lipinski definition) is 3. The van der Waals surface area contributed by atoms with E-state index in [0.717, 1.165) is 103 Å². The Morgan fingerprint density at radius 2 is 1.04 bits per heavy atom. The molecule has 0 amide bonds. The van der Waals surface area contributed by atoms with E-state index in [1.165, 1.54) is 5.56 Å². The first-order valence-electron chi connectivity index (χ1n) is 15.9. The zero-order valence-electron chi connectivity index (χ0n) is 25.2. The highest BCUT2D eigenvalue weighted by atomic mass is 79.9. The number of benzene rings is 7. The number of para-hydroxylation sites is 3. The molecule has 0 saturated heterocycles.